The van der Waals surface area contributed by atoms with Crippen molar-refractivity contribution in [1.82, 2.24) is 5.32 Å². The summed E-state index contributed by atoms with van der Waals surface area (Å²) in [7, 11) is 0. The summed E-state index contributed by atoms with van der Waals surface area (Å²) in [5.74, 6) is -0.281. The van der Waals surface area contributed by atoms with E-state index < -0.39 is 12.3 Å². The Morgan fingerprint density at radius 2 is 2.00 bits per heavy atom. The van der Waals surface area contributed by atoms with Crippen LogP contribution in [-0.2, 0) is 16.1 Å². The normalized spacial score (nSPS) is 27.1. The molecule has 1 aliphatic carbocycles. The number of benzene rings is 1. The Hall–Kier alpha value is -1.65. The van der Waals surface area contributed by atoms with Crippen LogP contribution in [0.1, 0.15) is 24.8 Å². The molecule has 0 aromatic heterocycles. The smallest absolute Gasteiger partial charge is 0.323 e. The average Bonchev–Trinajstić information content (AvgIpc) is 3.07. The molecule has 1 spiro atoms. The maximum Gasteiger partial charge on any atom is 0.323 e. The summed E-state index contributed by atoms with van der Waals surface area (Å²) in [6.07, 6.45) is 5.79. The highest BCUT2D eigenvalue weighted by Crippen LogP contribution is 2.44. The van der Waals surface area contributed by atoms with Crippen molar-refractivity contribution < 1.29 is 14.6 Å². The van der Waals surface area contributed by atoms with Crippen LogP contribution in [0, 0.1) is 5.41 Å². The highest BCUT2D eigenvalue weighted by molar-refractivity contribution is 5.76. The molecule has 2 aliphatic rings. The van der Waals surface area contributed by atoms with E-state index in [-0.39, 0.29) is 18.0 Å². The zero-order valence-corrected chi connectivity index (χ0v) is 11.3. The SMILES string of the molecule is O=C(OCc1ccccc1)[C@@H]1CC2(CC=CC2)C(O)N1. The van der Waals surface area contributed by atoms with Crippen LogP contribution in [0.25, 0.3) is 0 Å². The molecular weight excluding hydrogens is 254 g/mol. The number of esters is 1. The van der Waals surface area contributed by atoms with E-state index in [2.05, 4.69) is 17.5 Å². The summed E-state index contributed by atoms with van der Waals surface area (Å²) in [6.45, 7) is 0.277. The second-order valence-corrected chi connectivity index (χ2v) is 5.66. The van der Waals surface area contributed by atoms with Gasteiger partial charge < -0.3 is 9.84 Å². The van der Waals surface area contributed by atoms with Crippen molar-refractivity contribution in [2.75, 3.05) is 0 Å². The number of allylic oxidation sites excluding steroid dienone is 2. The second-order valence-electron chi connectivity index (χ2n) is 5.66. The predicted octanol–water partition coefficient (Wildman–Crippen LogP) is 1.75. The first kappa shape index (κ1) is 13.3. The Kier molecular flexibility index (Phi) is 3.59. The fourth-order valence-corrected chi connectivity index (χ4v) is 3.03. The van der Waals surface area contributed by atoms with E-state index in [0.717, 1.165) is 18.4 Å². The van der Waals surface area contributed by atoms with Gasteiger partial charge in [-0.15, -0.1) is 0 Å². The Balaban J connectivity index is 1.56. The molecule has 1 aromatic carbocycles. The maximum atomic E-state index is 12.1. The van der Waals surface area contributed by atoms with E-state index in [4.69, 9.17) is 4.74 Å². The van der Waals surface area contributed by atoms with E-state index in [1.807, 2.05) is 30.3 Å². The first-order valence-electron chi connectivity index (χ1n) is 6.99. The highest BCUT2D eigenvalue weighted by atomic mass is 16.5. The molecule has 106 valence electrons. The molecule has 0 radical (unpaired) electrons. The van der Waals surface area contributed by atoms with Crippen LogP contribution in [0.15, 0.2) is 42.5 Å². The summed E-state index contributed by atoms with van der Waals surface area (Å²) in [5, 5.41) is 13.1. The van der Waals surface area contributed by atoms with E-state index in [0.29, 0.717) is 6.42 Å². The molecule has 0 saturated carbocycles. The number of ether oxygens (including phenoxy) is 1. The molecule has 20 heavy (non-hydrogen) atoms. The van der Waals surface area contributed by atoms with Gasteiger partial charge in [-0.2, -0.15) is 0 Å². The molecule has 0 bridgehead atoms. The van der Waals surface area contributed by atoms with Gasteiger partial charge >= 0.3 is 5.97 Å². The minimum absolute atomic E-state index is 0.212. The van der Waals surface area contributed by atoms with Crippen LogP contribution in [0.4, 0.5) is 0 Å². The molecule has 1 aromatic rings. The molecule has 3 rings (SSSR count). The number of carbonyl (C=O) groups excluding carboxylic acids is 1. The van der Waals surface area contributed by atoms with Gasteiger partial charge in [0.05, 0.1) is 0 Å². The van der Waals surface area contributed by atoms with Crippen molar-refractivity contribution in [2.45, 2.75) is 38.1 Å². The maximum absolute atomic E-state index is 12.1. The summed E-state index contributed by atoms with van der Waals surface area (Å²) in [4.78, 5) is 12.1. The molecular formula is C16H19NO3. The van der Waals surface area contributed by atoms with Crippen LogP contribution < -0.4 is 5.32 Å². The van der Waals surface area contributed by atoms with Gasteiger partial charge in [0.1, 0.15) is 18.9 Å². The van der Waals surface area contributed by atoms with Crippen molar-refractivity contribution in [3.63, 3.8) is 0 Å². The van der Waals surface area contributed by atoms with E-state index in [9.17, 15) is 9.90 Å². The van der Waals surface area contributed by atoms with Crippen molar-refractivity contribution >= 4 is 5.97 Å². The van der Waals surface area contributed by atoms with Crippen LogP contribution in [0.2, 0.25) is 0 Å². The summed E-state index contributed by atoms with van der Waals surface area (Å²) >= 11 is 0. The first-order chi connectivity index (χ1) is 9.70. The quantitative estimate of drug-likeness (QED) is 0.650. The van der Waals surface area contributed by atoms with Gasteiger partial charge in [0, 0.05) is 5.41 Å². The van der Waals surface area contributed by atoms with Gasteiger partial charge in [0.25, 0.3) is 0 Å². The topological polar surface area (TPSA) is 58.6 Å². The van der Waals surface area contributed by atoms with Gasteiger partial charge in [-0.05, 0) is 24.8 Å². The monoisotopic (exact) mass is 273 g/mol. The molecule has 2 atom stereocenters. The van der Waals surface area contributed by atoms with Crippen molar-refractivity contribution in [2.24, 2.45) is 5.41 Å². The van der Waals surface area contributed by atoms with Crippen LogP contribution in [0.5, 0.6) is 0 Å². The number of hydrogen-bond acceptors (Lipinski definition) is 4. The number of hydrogen-bond donors (Lipinski definition) is 2. The molecule has 1 unspecified atom stereocenters. The highest BCUT2D eigenvalue weighted by Gasteiger charge is 2.49. The Labute approximate surface area is 118 Å². The number of aliphatic hydroxyl groups excluding tert-OH is 1. The summed E-state index contributed by atoms with van der Waals surface area (Å²) < 4.78 is 5.33. The Morgan fingerprint density at radius 3 is 2.70 bits per heavy atom. The number of aliphatic hydroxyl groups is 1. The number of nitrogens with one attached hydrogen (secondary N) is 1. The van der Waals surface area contributed by atoms with E-state index in [1.54, 1.807) is 0 Å². The van der Waals surface area contributed by atoms with Gasteiger partial charge in [-0.3, -0.25) is 10.1 Å². The van der Waals surface area contributed by atoms with Crippen LogP contribution in [-0.4, -0.2) is 23.3 Å². The fourth-order valence-electron chi connectivity index (χ4n) is 3.03. The predicted molar refractivity (Wildman–Crippen MR) is 74.6 cm³/mol. The van der Waals surface area contributed by atoms with Crippen molar-refractivity contribution in [1.29, 1.82) is 0 Å². The molecule has 0 amide bonds. The Morgan fingerprint density at radius 1 is 1.30 bits per heavy atom. The number of rotatable bonds is 3. The zero-order chi connectivity index (χ0) is 14.0. The third kappa shape index (κ3) is 2.49. The largest absolute Gasteiger partial charge is 0.460 e. The summed E-state index contributed by atoms with van der Waals surface area (Å²) in [5.41, 5.74) is 0.757. The molecule has 4 nitrogen and oxygen atoms in total. The van der Waals surface area contributed by atoms with Crippen molar-refractivity contribution in [3.05, 3.63) is 48.0 Å². The lowest BCUT2D eigenvalue weighted by atomic mass is 9.81. The number of carbonyl (C=O) groups is 1. The van der Waals surface area contributed by atoms with E-state index >= 15 is 0 Å². The molecule has 1 aliphatic heterocycles. The van der Waals surface area contributed by atoms with Crippen molar-refractivity contribution in [3.8, 4) is 0 Å². The van der Waals surface area contributed by atoms with Gasteiger partial charge in [0.2, 0.25) is 0 Å². The molecule has 1 fully saturated rings. The summed E-state index contributed by atoms with van der Waals surface area (Å²) in [6, 6.07) is 9.20. The third-order valence-corrected chi connectivity index (χ3v) is 4.27. The molecule has 1 heterocycles. The fraction of sp³-hybridized carbons (Fsp3) is 0.438. The van der Waals surface area contributed by atoms with Crippen LogP contribution >= 0.6 is 0 Å². The van der Waals surface area contributed by atoms with Gasteiger partial charge in [-0.25, -0.2) is 0 Å². The molecule has 2 N–H and O–H groups in total. The second kappa shape index (κ2) is 5.38. The van der Waals surface area contributed by atoms with Gasteiger partial charge in [-0.1, -0.05) is 42.5 Å². The first-order valence-corrected chi connectivity index (χ1v) is 6.99. The van der Waals surface area contributed by atoms with Crippen LogP contribution in [0.3, 0.4) is 0 Å². The minimum Gasteiger partial charge on any atom is -0.460 e. The lowest BCUT2D eigenvalue weighted by molar-refractivity contribution is -0.147. The molecule has 1 saturated heterocycles. The van der Waals surface area contributed by atoms with E-state index in [1.165, 1.54) is 0 Å². The Bertz CT molecular complexity index is 504. The van der Waals surface area contributed by atoms with Gasteiger partial charge in [0.15, 0.2) is 0 Å². The lowest BCUT2D eigenvalue weighted by Gasteiger charge is -2.25. The average molecular weight is 273 g/mol. The minimum atomic E-state index is -0.633. The lowest BCUT2D eigenvalue weighted by Crippen LogP contribution is -2.38. The zero-order valence-electron chi connectivity index (χ0n) is 11.3. The standard InChI is InChI=1S/C16H19NO3/c18-14(20-11-12-6-2-1-3-7-12)13-10-16(15(19)17-13)8-4-5-9-16/h1-7,13,15,17,19H,8-11H2/t13-,15?/m0/s1. The third-order valence-electron chi connectivity index (χ3n) is 4.27. The molecule has 4 heteroatoms.